The molecule has 1 atom stereocenters. The fraction of sp³-hybridized carbons (Fsp3) is 0.250. The molecule has 0 heterocycles. The van der Waals surface area contributed by atoms with Crippen LogP contribution in [0.15, 0.2) is 48.5 Å². The first-order valence-electron chi connectivity index (χ1n) is 6.45. The fourth-order valence-electron chi connectivity index (χ4n) is 2.06. The molecule has 100 valence electrons. The summed E-state index contributed by atoms with van der Waals surface area (Å²) in [6.45, 7) is 3.02. The Bertz CT molecular complexity index is 525. The molecule has 0 aliphatic carbocycles. The van der Waals surface area contributed by atoms with Gasteiger partial charge in [0.25, 0.3) is 0 Å². The molecule has 0 saturated heterocycles. The monoisotopic (exact) mass is 277 g/mol. The van der Waals surface area contributed by atoms with Crippen LogP contribution >= 0.6 is 11.6 Å². The van der Waals surface area contributed by atoms with E-state index in [0.29, 0.717) is 5.02 Å². The van der Waals surface area contributed by atoms with Crippen LogP contribution in [0, 0.1) is 5.82 Å². The van der Waals surface area contributed by atoms with Crippen LogP contribution in [0.4, 0.5) is 4.39 Å². The van der Waals surface area contributed by atoms with E-state index in [4.69, 9.17) is 11.6 Å². The third kappa shape index (κ3) is 3.79. The highest BCUT2D eigenvalue weighted by Gasteiger charge is 2.13. The topological polar surface area (TPSA) is 12.0 Å². The van der Waals surface area contributed by atoms with Crippen molar-refractivity contribution in [2.24, 2.45) is 0 Å². The van der Waals surface area contributed by atoms with E-state index >= 15 is 0 Å². The van der Waals surface area contributed by atoms with Gasteiger partial charge >= 0.3 is 0 Å². The molecule has 0 amide bonds. The lowest BCUT2D eigenvalue weighted by Gasteiger charge is -2.20. The number of hydrogen-bond acceptors (Lipinski definition) is 1. The van der Waals surface area contributed by atoms with Crippen molar-refractivity contribution < 1.29 is 4.39 Å². The first-order valence-corrected chi connectivity index (χ1v) is 6.83. The van der Waals surface area contributed by atoms with Gasteiger partial charge in [-0.05, 0) is 48.4 Å². The van der Waals surface area contributed by atoms with E-state index in [1.54, 1.807) is 0 Å². The van der Waals surface area contributed by atoms with Gasteiger partial charge in [-0.2, -0.15) is 0 Å². The zero-order chi connectivity index (χ0) is 13.7. The summed E-state index contributed by atoms with van der Waals surface area (Å²) in [5.41, 5.74) is 2.13. The minimum atomic E-state index is -0.218. The quantitative estimate of drug-likeness (QED) is 0.844. The standard InChI is InChI=1S/C16H17ClFN/c1-2-10-19-16(12-6-8-15(18)9-7-12)13-4-3-5-14(17)11-13/h3-9,11,16,19H,2,10H2,1H3. The molecule has 0 aliphatic rings. The zero-order valence-corrected chi connectivity index (χ0v) is 11.6. The maximum absolute atomic E-state index is 13.0. The molecule has 0 radical (unpaired) electrons. The van der Waals surface area contributed by atoms with Crippen molar-refractivity contribution >= 4 is 11.6 Å². The Kier molecular flexibility index (Phi) is 4.94. The Morgan fingerprint density at radius 3 is 2.47 bits per heavy atom. The third-order valence-corrected chi connectivity index (χ3v) is 3.22. The van der Waals surface area contributed by atoms with Gasteiger partial charge in [0.2, 0.25) is 0 Å². The normalized spacial score (nSPS) is 12.4. The molecule has 2 aromatic rings. The van der Waals surface area contributed by atoms with Crippen LogP contribution < -0.4 is 5.32 Å². The van der Waals surface area contributed by atoms with Crippen molar-refractivity contribution in [1.29, 1.82) is 0 Å². The summed E-state index contributed by atoms with van der Waals surface area (Å²) in [7, 11) is 0. The van der Waals surface area contributed by atoms with Crippen molar-refractivity contribution in [1.82, 2.24) is 5.32 Å². The van der Waals surface area contributed by atoms with Crippen LogP contribution in [0.1, 0.15) is 30.5 Å². The van der Waals surface area contributed by atoms with Crippen LogP contribution in [0.25, 0.3) is 0 Å². The Morgan fingerprint density at radius 2 is 1.84 bits per heavy atom. The second-order valence-electron chi connectivity index (χ2n) is 4.49. The largest absolute Gasteiger partial charge is 0.306 e. The molecule has 0 bridgehead atoms. The van der Waals surface area contributed by atoms with E-state index in [0.717, 1.165) is 24.1 Å². The van der Waals surface area contributed by atoms with Crippen LogP contribution in [0.3, 0.4) is 0 Å². The summed E-state index contributed by atoms with van der Waals surface area (Å²) in [6.07, 6.45) is 1.04. The van der Waals surface area contributed by atoms with Crippen LogP contribution in [-0.4, -0.2) is 6.54 Å². The molecule has 0 fully saturated rings. The van der Waals surface area contributed by atoms with Gasteiger partial charge in [0.1, 0.15) is 5.82 Å². The van der Waals surface area contributed by atoms with Crippen LogP contribution in [0.5, 0.6) is 0 Å². The maximum atomic E-state index is 13.0. The van der Waals surface area contributed by atoms with E-state index in [9.17, 15) is 4.39 Å². The van der Waals surface area contributed by atoms with E-state index < -0.39 is 0 Å². The Morgan fingerprint density at radius 1 is 1.11 bits per heavy atom. The number of nitrogens with one attached hydrogen (secondary N) is 1. The molecule has 0 saturated carbocycles. The molecular formula is C16H17ClFN. The van der Waals surface area contributed by atoms with Gasteiger partial charge in [0, 0.05) is 5.02 Å². The third-order valence-electron chi connectivity index (χ3n) is 2.98. The molecule has 0 aromatic heterocycles. The predicted molar refractivity (Wildman–Crippen MR) is 78.0 cm³/mol. The maximum Gasteiger partial charge on any atom is 0.123 e. The predicted octanol–water partition coefficient (Wildman–Crippen LogP) is 4.57. The number of rotatable bonds is 5. The lowest BCUT2D eigenvalue weighted by atomic mass is 9.98. The smallest absolute Gasteiger partial charge is 0.123 e. The highest BCUT2D eigenvalue weighted by atomic mass is 35.5. The molecule has 2 aromatic carbocycles. The summed E-state index contributed by atoms with van der Waals surface area (Å²) in [6, 6.07) is 14.4. The average molecular weight is 278 g/mol. The lowest BCUT2D eigenvalue weighted by molar-refractivity contribution is 0.593. The molecule has 3 heteroatoms. The van der Waals surface area contributed by atoms with Gasteiger partial charge < -0.3 is 5.32 Å². The molecule has 2 rings (SSSR count). The lowest BCUT2D eigenvalue weighted by Crippen LogP contribution is -2.23. The summed E-state index contributed by atoms with van der Waals surface area (Å²) in [5.74, 6) is -0.218. The van der Waals surface area contributed by atoms with Crippen molar-refractivity contribution in [3.63, 3.8) is 0 Å². The molecule has 1 N–H and O–H groups in total. The zero-order valence-electron chi connectivity index (χ0n) is 10.9. The van der Waals surface area contributed by atoms with Crippen LogP contribution in [-0.2, 0) is 0 Å². The van der Waals surface area contributed by atoms with Gasteiger partial charge in [-0.3, -0.25) is 0 Å². The SMILES string of the molecule is CCCNC(c1ccc(F)cc1)c1cccc(Cl)c1. The van der Waals surface area contributed by atoms with Crippen LogP contribution in [0.2, 0.25) is 5.02 Å². The molecule has 1 unspecified atom stereocenters. The van der Waals surface area contributed by atoms with Gasteiger partial charge in [0.05, 0.1) is 6.04 Å². The Balaban J connectivity index is 2.32. The van der Waals surface area contributed by atoms with E-state index in [1.165, 1.54) is 12.1 Å². The van der Waals surface area contributed by atoms with E-state index in [-0.39, 0.29) is 11.9 Å². The summed E-state index contributed by atoms with van der Waals surface area (Å²) in [4.78, 5) is 0. The summed E-state index contributed by atoms with van der Waals surface area (Å²) in [5, 5.41) is 4.18. The van der Waals surface area contributed by atoms with Gasteiger partial charge in [-0.25, -0.2) is 4.39 Å². The summed E-state index contributed by atoms with van der Waals surface area (Å²) < 4.78 is 13.0. The Hall–Kier alpha value is -1.38. The second-order valence-corrected chi connectivity index (χ2v) is 4.93. The Labute approximate surface area is 118 Å². The van der Waals surface area contributed by atoms with Crippen molar-refractivity contribution in [2.75, 3.05) is 6.54 Å². The molecular weight excluding hydrogens is 261 g/mol. The molecule has 19 heavy (non-hydrogen) atoms. The first kappa shape index (κ1) is 14.0. The molecule has 0 aliphatic heterocycles. The average Bonchev–Trinajstić information content (AvgIpc) is 2.41. The number of benzene rings is 2. The molecule has 1 nitrogen and oxygen atoms in total. The highest BCUT2D eigenvalue weighted by Crippen LogP contribution is 2.24. The number of hydrogen-bond donors (Lipinski definition) is 1. The number of halogens is 2. The first-order chi connectivity index (χ1) is 9.20. The van der Waals surface area contributed by atoms with Gasteiger partial charge in [-0.1, -0.05) is 42.8 Å². The van der Waals surface area contributed by atoms with Crippen molar-refractivity contribution in [3.05, 3.63) is 70.5 Å². The van der Waals surface area contributed by atoms with Crippen molar-refractivity contribution in [3.8, 4) is 0 Å². The van der Waals surface area contributed by atoms with E-state index in [2.05, 4.69) is 12.2 Å². The highest BCUT2D eigenvalue weighted by molar-refractivity contribution is 6.30. The fourth-order valence-corrected chi connectivity index (χ4v) is 2.26. The van der Waals surface area contributed by atoms with Gasteiger partial charge in [-0.15, -0.1) is 0 Å². The minimum Gasteiger partial charge on any atom is -0.306 e. The van der Waals surface area contributed by atoms with Gasteiger partial charge in [0.15, 0.2) is 0 Å². The molecule has 0 spiro atoms. The summed E-state index contributed by atoms with van der Waals surface area (Å²) >= 11 is 6.05. The minimum absolute atomic E-state index is 0.0410. The van der Waals surface area contributed by atoms with E-state index in [1.807, 2.05) is 36.4 Å². The second kappa shape index (κ2) is 6.69. The van der Waals surface area contributed by atoms with Crippen molar-refractivity contribution in [2.45, 2.75) is 19.4 Å².